The molecule has 4 rings (SSSR count). The number of anilines is 1. The highest BCUT2D eigenvalue weighted by molar-refractivity contribution is 7.99. The van der Waals surface area contributed by atoms with E-state index in [-0.39, 0.29) is 11.7 Å². The first-order valence-corrected chi connectivity index (χ1v) is 11.1. The van der Waals surface area contributed by atoms with Gasteiger partial charge in [0.05, 0.1) is 24.8 Å². The molecule has 164 valence electrons. The minimum absolute atomic E-state index is 0.103. The van der Waals surface area contributed by atoms with Crippen LogP contribution in [0.3, 0.4) is 0 Å². The number of nitrogens with one attached hydrogen (secondary N) is 1. The van der Waals surface area contributed by atoms with Gasteiger partial charge < -0.3 is 14.5 Å². The van der Waals surface area contributed by atoms with Gasteiger partial charge in [0, 0.05) is 5.69 Å². The van der Waals surface area contributed by atoms with E-state index in [0.717, 1.165) is 28.3 Å². The number of benzene rings is 2. The van der Waals surface area contributed by atoms with Crippen LogP contribution in [0.4, 0.5) is 5.69 Å². The van der Waals surface area contributed by atoms with E-state index in [1.165, 1.54) is 17.3 Å². The van der Waals surface area contributed by atoms with Crippen molar-refractivity contribution >= 4 is 23.4 Å². The molecule has 0 fully saturated rings. The zero-order chi connectivity index (χ0) is 22.7. The number of methoxy groups -OCH3 is 1. The number of amides is 1. The van der Waals surface area contributed by atoms with E-state index in [2.05, 4.69) is 27.6 Å². The van der Waals surface area contributed by atoms with Gasteiger partial charge >= 0.3 is 0 Å². The van der Waals surface area contributed by atoms with Gasteiger partial charge in [-0.1, -0.05) is 29.5 Å². The van der Waals surface area contributed by atoms with Crippen molar-refractivity contribution in [3.8, 4) is 23.0 Å². The second kappa shape index (κ2) is 9.32. The maximum absolute atomic E-state index is 12.7. The molecule has 0 aliphatic carbocycles. The Balaban J connectivity index is 1.58. The van der Waals surface area contributed by atoms with Gasteiger partial charge in [0.25, 0.3) is 0 Å². The summed E-state index contributed by atoms with van der Waals surface area (Å²) in [6, 6.07) is 15.3. The van der Waals surface area contributed by atoms with Crippen molar-refractivity contribution in [1.29, 1.82) is 0 Å². The van der Waals surface area contributed by atoms with Gasteiger partial charge in [-0.05, 0) is 68.3 Å². The normalized spacial score (nSPS) is 10.9. The molecule has 8 heteroatoms. The van der Waals surface area contributed by atoms with E-state index >= 15 is 0 Å². The Hall–Kier alpha value is -3.52. The van der Waals surface area contributed by atoms with Gasteiger partial charge in [-0.2, -0.15) is 0 Å². The molecule has 1 amide bonds. The molecule has 0 spiro atoms. The van der Waals surface area contributed by atoms with Gasteiger partial charge in [0.15, 0.2) is 10.9 Å². The predicted molar refractivity (Wildman–Crippen MR) is 126 cm³/mol. The number of hydrogen-bond acceptors (Lipinski definition) is 6. The SMILES string of the molecule is COc1ccc(-n2c(SCC(=O)Nc3c(C)cc(C)cc3C)nnc2-c2ccco2)cc1. The molecule has 0 aliphatic heterocycles. The zero-order valence-electron chi connectivity index (χ0n) is 18.4. The Morgan fingerprint density at radius 2 is 1.81 bits per heavy atom. The Labute approximate surface area is 190 Å². The summed E-state index contributed by atoms with van der Waals surface area (Å²) in [6.07, 6.45) is 1.59. The first-order valence-electron chi connectivity index (χ1n) is 10.1. The summed E-state index contributed by atoms with van der Waals surface area (Å²) in [5.74, 6) is 2.00. The van der Waals surface area contributed by atoms with Crippen molar-refractivity contribution in [2.45, 2.75) is 25.9 Å². The summed E-state index contributed by atoms with van der Waals surface area (Å²) in [6.45, 7) is 6.04. The van der Waals surface area contributed by atoms with Gasteiger partial charge in [0.2, 0.25) is 11.7 Å². The summed E-state index contributed by atoms with van der Waals surface area (Å²) in [5.41, 5.74) is 4.96. The van der Waals surface area contributed by atoms with Crippen LogP contribution < -0.4 is 10.1 Å². The van der Waals surface area contributed by atoms with E-state index in [1.54, 1.807) is 19.4 Å². The van der Waals surface area contributed by atoms with Crippen LogP contribution >= 0.6 is 11.8 Å². The van der Waals surface area contributed by atoms with Crippen LogP contribution in [-0.4, -0.2) is 33.5 Å². The Kier molecular flexibility index (Phi) is 6.32. The summed E-state index contributed by atoms with van der Waals surface area (Å²) in [5, 5.41) is 12.3. The Bertz CT molecular complexity index is 1210. The number of ether oxygens (including phenoxy) is 1. The molecule has 1 N–H and O–H groups in total. The largest absolute Gasteiger partial charge is 0.497 e. The van der Waals surface area contributed by atoms with E-state index in [0.29, 0.717) is 16.7 Å². The predicted octanol–water partition coefficient (Wildman–Crippen LogP) is 5.19. The lowest BCUT2D eigenvalue weighted by molar-refractivity contribution is -0.113. The van der Waals surface area contributed by atoms with Crippen molar-refractivity contribution < 1.29 is 13.9 Å². The highest BCUT2D eigenvalue weighted by atomic mass is 32.2. The first-order chi connectivity index (χ1) is 15.5. The molecule has 32 heavy (non-hydrogen) atoms. The lowest BCUT2D eigenvalue weighted by Crippen LogP contribution is -2.16. The third-order valence-corrected chi connectivity index (χ3v) is 5.91. The standard InChI is InChI=1S/C24H24N4O3S/c1-15-12-16(2)22(17(3)13-15)25-21(29)14-32-24-27-26-23(20-6-5-11-31-20)28(24)18-7-9-19(30-4)10-8-18/h5-13H,14H2,1-4H3,(H,25,29). The third-order valence-electron chi connectivity index (χ3n) is 4.98. The van der Waals surface area contributed by atoms with Crippen molar-refractivity contribution in [2.75, 3.05) is 18.2 Å². The van der Waals surface area contributed by atoms with E-state index in [9.17, 15) is 4.79 Å². The summed E-state index contributed by atoms with van der Waals surface area (Å²) in [7, 11) is 1.62. The maximum atomic E-state index is 12.7. The smallest absolute Gasteiger partial charge is 0.234 e. The molecule has 2 aromatic heterocycles. The number of hydrogen-bond donors (Lipinski definition) is 1. The van der Waals surface area contributed by atoms with Crippen LogP contribution in [0.5, 0.6) is 5.75 Å². The molecular formula is C24H24N4O3S. The van der Waals surface area contributed by atoms with Crippen LogP contribution in [0.1, 0.15) is 16.7 Å². The molecule has 2 heterocycles. The second-order valence-electron chi connectivity index (χ2n) is 7.43. The number of aromatic nitrogens is 3. The van der Waals surface area contributed by atoms with Gasteiger partial charge in [-0.15, -0.1) is 10.2 Å². The number of carbonyl (C=O) groups is 1. The van der Waals surface area contributed by atoms with Gasteiger partial charge in [-0.3, -0.25) is 9.36 Å². The lowest BCUT2D eigenvalue weighted by atomic mass is 10.1. The van der Waals surface area contributed by atoms with Crippen molar-refractivity contribution in [3.05, 3.63) is 71.5 Å². The molecular weight excluding hydrogens is 424 g/mol. The number of carbonyl (C=O) groups excluding carboxylic acids is 1. The molecule has 7 nitrogen and oxygen atoms in total. The third kappa shape index (κ3) is 4.55. The van der Waals surface area contributed by atoms with E-state index < -0.39 is 0 Å². The molecule has 0 saturated heterocycles. The topological polar surface area (TPSA) is 82.2 Å². The molecule has 0 atom stereocenters. The van der Waals surface area contributed by atoms with Gasteiger partial charge in [0.1, 0.15) is 5.75 Å². The van der Waals surface area contributed by atoms with Crippen LogP contribution in [0, 0.1) is 20.8 Å². The summed E-state index contributed by atoms with van der Waals surface area (Å²) < 4.78 is 12.7. The van der Waals surface area contributed by atoms with Crippen molar-refractivity contribution in [3.63, 3.8) is 0 Å². The monoisotopic (exact) mass is 448 g/mol. The summed E-state index contributed by atoms with van der Waals surface area (Å²) in [4.78, 5) is 12.7. The molecule has 0 bridgehead atoms. The van der Waals surface area contributed by atoms with Crippen LogP contribution in [0.25, 0.3) is 17.3 Å². The highest BCUT2D eigenvalue weighted by Crippen LogP contribution is 2.29. The fraction of sp³-hybridized carbons (Fsp3) is 0.208. The average Bonchev–Trinajstić information content (AvgIpc) is 3.44. The lowest BCUT2D eigenvalue weighted by Gasteiger charge is -2.13. The minimum atomic E-state index is -0.103. The van der Waals surface area contributed by atoms with Crippen LogP contribution in [0.2, 0.25) is 0 Å². The molecule has 0 radical (unpaired) electrons. The first kappa shape index (κ1) is 21.7. The molecule has 0 aliphatic rings. The Morgan fingerprint density at radius 1 is 1.09 bits per heavy atom. The average molecular weight is 449 g/mol. The quantitative estimate of drug-likeness (QED) is 0.392. The fourth-order valence-electron chi connectivity index (χ4n) is 3.58. The van der Waals surface area contributed by atoms with E-state index in [4.69, 9.17) is 9.15 Å². The second-order valence-corrected chi connectivity index (χ2v) is 8.37. The number of rotatable bonds is 7. The summed E-state index contributed by atoms with van der Waals surface area (Å²) >= 11 is 1.32. The molecule has 0 saturated carbocycles. The zero-order valence-corrected chi connectivity index (χ0v) is 19.2. The van der Waals surface area contributed by atoms with Crippen LogP contribution in [0.15, 0.2) is 64.4 Å². The van der Waals surface area contributed by atoms with Crippen molar-refractivity contribution in [1.82, 2.24) is 14.8 Å². The Morgan fingerprint density at radius 3 is 2.44 bits per heavy atom. The number of aryl methyl sites for hydroxylation is 3. The number of nitrogens with zero attached hydrogens (tertiary/aromatic N) is 3. The minimum Gasteiger partial charge on any atom is -0.497 e. The highest BCUT2D eigenvalue weighted by Gasteiger charge is 2.19. The van der Waals surface area contributed by atoms with Crippen LogP contribution in [-0.2, 0) is 4.79 Å². The van der Waals surface area contributed by atoms with Gasteiger partial charge in [-0.25, -0.2) is 0 Å². The van der Waals surface area contributed by atoms with Crippen molar-refractivity contribution in [2.24, 2.45) is 0 Å². The molecule has 2 aromatic carbocycles. The van der Waals surface area contributed by atoms with E-state index in [1.807, 2.05) is 55.7 Å². The molecule has 0 unspecified atom stereocenters. The fourth-order valence-corrected chi connectivity index (χ4v) is 4.33. The maximum Gasteiger partial charge on any atom is 0.234 e. The number of thioether (sulfide) groups is 1. The number of furan rings is 1. The molecule has 4 aromatic rings.